The Morgan fingerprint density at radius 1 is 1.27 bits per heavy atom. The highest BCUT2D eigenvalue weighted by molar-refractivity contribution is 5.68. The van der Waals surface area contributed by atoms with Crippen LogP contribution in [0.1, 0.15) is 42.8 Å². The largest absolute Gasteiger partial charge is 0.484 e. The smallest absolute Gasteiger partial charge is 0.266 e. The van der Waals surface area contributed by atoms with E-state index in [1.165, 1.54) is 12.1 Å². The van der Waals surface area contributed by atoms with E-state index in [1.807, 2.05) is 10.6 Å². The van der Waals surface area contributed by atoms with Crippen LogP contribution in [0.15, 0.2) is 29.3 Å². The normalized spacial score (nSPS) is 19.2. The van der Waals surface area contributed by atoms with Crippen molar-refractivity contribution in [3.8, 4) is 17.1 Å². The molecule has 4 aliphatic rings. The summed E-state index contributed by atoms with van der Waals surface area (Å²) >= 11 is 0. The number of ether oxygens (including phenoxy) is 2. The lowest BCUT2D eigenvalue weighted by molar-refractivity contribution is 0.141. The maximum absolute atomic E-state index is 14.7. The van der Waals surface area contributed by atoms with Crippen molar-refractivity contribution in [2.24, 2.45) is 4.99 Å². The molecule has 4 heterocycles. The third-order valence-corrected chi connectivity index (χ3v) is 5.92. The summed E-state index contributed by atoms with van der Waals surface area (Å²) < 4.78 is 54.7. The molecule has 1 aromatic carbocycles. The van der Waals surface area contributed by atoms with E-state index in [2.05, 4.69) is 20.3 Å². The van der Waals surface area contributed by atoms with Gasteiger partial charge in [-0.25, -0.2) is 23.1 Å². The van der Waals surface area contributed by atoms with Crippen LogP contribution in [0, 0.1) is 12.7 Å². The first-order chi connectivity index (χ1) is 15.9. The van der Waals surface area contributed by atoms with E-state index < -0.39 is 23.8 Å². The third kappa shape index (κ3) is 4.03. The predicted molar refractivity (Wildman–Crippen MR) is 115 cm³/mol. The van der Waals surface area contributed by atoms with Gasteiger partial charge in [-0.3, -0.25) is 4.99 Å². The van der Waals surface area contributed by atoms with E-state index in [1.54, 1.807) is 13.8 Å². The number of aryl methyl sites for hydroxylation is 1. The zero-order valence-electron chi connectivity index (χ0n) is 18.3. The van der Waals surface area contributed by atoms with Crippen LogP contribution < -0.4 is 15.5 Å². The van der Waals surface area contributed by atoms with Gasteiger partial charge in [-0.05, 0) is 19.9 Å². The van der Waals surface area contributed by atoms with Gasteiger partial charge in [-0.2, -0.15) is 0 Å². The quantitative estimate of drug-likeness (QED) is 0.624. The fraction of sp³-hybridized carbons (Fsp3) is 0.435. The first-order valence-electron chi connectivity index (χ1n) is 10.9. The predicted octanol–water partition coefficient (Wildman–Crippen LogP) is 4.02. The van der Waals surface area contributed by atoms with Crippen LogP contribution in [0.3, 0.4) is 0 Å². The van der Waals surface area contributed by atoms with Gasteiger partial charge in [-0.15, -0.1) is 0 Å². The summed E-state index contributed by atoms with van der Waals surface area (Å²) in [6, 6.07) is 5.08. The van der Waals surface area contributed by atoms with Crippen molar-refractivity contribution >= 4 is 5.82 Å². The van der Waals surface area contributed by atoms with Gasteiger partial charge in [0, 0.05) is 25.1 Å². The van der Waals surface area contributed by atoms with Gasteiger partial charge in [0.15, 0.2) is 17.1 Å². The van der Waals surface area contributed by atoms with E-state index in [9.17, 15) is 13.2 Å². The maximum Gasteiger partial charge on any atom is 0.266 e. The van der Waals surface area contributed by atoms with Crippen LogP contribution in [0.5, 0.6) is 5.75 Å². The molecule has 0 radical (unpaired) electrons. The summed E-state index contributed by atoms with van der Waals surface area (Å²) in [6.07, 6.45) is -2.15. The van der Waals surface area contributed by atoms with Crippen LogP contribution in [0.25, 0.3) is 11.4 Å². The summed E-state index contributed by atoms with van der Waals surface area (Å²) in [5.41, 5.74) is 0.472. The topological polar surface area (TPSA) is 73.6 Å². The van der Waals surface area contributed by atoms with Crippen molar-refractivity contribution in [1.82, 2.24) is 14.5 Å². The molecule has 0 bridgehead atoms. The molecule has 2 atom stereocenters. The van der Waals surface area contributed by atoms with Gasteiger partial charge in [0.25, 0.3) is 6.43 Å². The minimum atomic E-state index is -2.90. The highest BCUT2D eigenvalue weighted by atomic mass is 19.3. The van der Waals surface area contributed by atoms with Gasteiger partial charge in [0.2, 0.25) is 0 Å². The average molecular weight is 459 g/mol. The van der Waals surface area contributed by atoms with E-state index >= 15 is 0 Å². The summed E-state index contributed by atoms with van der Waals surface area (Å²) in [4.78, 5) is 13.7. The van der Waals surface area contributed by atoms with E-state index in [0.29, 0.717) is 48.2 Å². The van der Waals surface area contributed by atoms with Crippen molar-refractivity contribution in [2.45, 2.75) is 45.4 Å². The summed E-state index contributed by atoms with van der Waals surface area (Å²) in [6.45, 7) is 6.03. The molecule has 0 aliphatic carbocycles. The van der Waals surface area contributed by atoms with Gasteiger partial charge >= 0.3 is 0 Å². The highest BCUT2D eigenvalue weighted by Gasteiger charge is 2.27. The standard InChI is InChI=1S/C23H24F3N5O2/c1-12(15-4-3-5-16(19(15)24)20(25)26)28-21-17-10-18(33-14-6-9-32-11-14)23-27-7-8-31(23)22(17)30-13(2)29-21/h3-5,10,12,14,20,27H,6-9,11H2,1-2H3/t12-,14-/m1/s1. The Kier molecular flexibility index (Phi) is 5.69. The molecule has 0 unspecified atom stereocenters. The van der Waals surface area contributed by atoms with E-state index in [4.69, 9.17) is 9.47 Å². The number of rotatable bonds is 5. The third-order valence-electron chi connectivity index (χ3n) is 5.92. The molecule has 1 fully saturated rings. The van der Waals surface area contributed by atoms with Gasteiger partial charge in [-0.1, -0.05) is 18.2 Å². The molecule has 10 heteroatoms. The van der Waals surface area contributed by atoms with Crippen LogP contribution >= 0.6 is 0 Å². The number of halogens is 3. The van der Waals surface area contributed by atoms with Gasteiger partial charge in [0.05, 0.1) is 30.4 Å². The maximum atomic E-state index is 14.7. The molecule has 4 aliphatic heterocycles. The molecule has 1 aromatic rings. The van der Waals surface area contributed by atoms with Crippen molar-refractivity contribution in [2.75, 3.05) is 25.1 Å². The second-order valence-corrected chi connectivity index (χ2v) is 8.23. The number of pyridine rings is 1. The zero-order valence-corrected chi connectivity index (χ0v) is 18.3. The first kappa shape index (κ1) is 21.7. The van der Waals surface area contributed by atoms with E-state index in [0.717, 1.165) is 24.8 Å². The molecule has 0 spiro atoms. The highest BCUT2D eigenvalue weighted by Crippen LogP contribution is 2.36. The van der Waals surface area contributed by atoms with Crippen LogP contribution in [0.2, 0.25) is 0 Å². The number of anilines is 1. The van der Waals surface area contributed by atoms with Gasteiger partial charge in [0.1, 0.15) is 23.6 Å². The molecule has 7 nitrogen and oxygen atoms in total. The number of alkyl halides is 2. The Hall–Kier alpha value is -3.14. The Morgan fingerprint density at radius 2 is 2.09 bits per heavy atom. The lowest BCUT2D eigenvalue weighted by Gasteiger charge is -2.20. The Labute approximate surface area is 188 Å². The Morgan fingerprint density at radius 3 is 2.85 bits per heavy atom. The fourth-order valence-corrected chi connectivity index (χ4v) is 4.30. The summed E-state index contributed by atoms with van der Waals surface area (Å²) in [5, 5.41) is 3.35. The SMILES string of the molecule is Cc1nc2n3c(c(O[C@@H]4CCOC4)cc-2c(=N[C@H](C)c2cccc(C(F)F)c2F)n1)NCC3. The summed E-state index contributed by atoms with van der Waals surface area (Å²) in [7, 11) is 0. The lowest BCUT2D eigenvalue weighted by Crippen LogP contribution is -2.22. The Bertz CT molecular complexity index is 1220. The molecule has 0 amide bonds. The number of nitrogens with zero attached hydrogens (tertiary/aromatic N) is 4. The van der Waals surface area contributed by atoms with Crippen molar-refractivity contribution < 1.29 is 22.6 Å². The molecule has 33 heavy (non-hydrogen) atoms. The molecular weight excluding hydrogens is 435 g/mol. The Balaban J connectivity index is 1.63. The molecule has 5 rings (SSSR count). The number of nitrogens with one attached hydrogen (secondary N) is 1. The fourth-order valence-electron chi connectivity index (χ4n) is 4.30. The molecular formula is C23H24F3N5O2. The second-order valence-electron chi connectivity index (χ2n) is 8.23. The van der Waals surface area contributed by atoms with E-state index in [-0.39, 0.29) is 11.7 Å². The minimum Gasteiger partial charge on any atom is -0.484 e. The number of hydrogen-bond donors (Lipinski definition) is 1. The lowest BCUT2D eigenvalue weighted by atomic mass is 10.0. The number of benzene rings is 1. The average Bonchev–Trinajstić information content (AvgIpc) is 3.46. The zero-order chi connectivity index (χ0) is 23.1. The van der Waals surface area contributed by atoms with Crippen LogP contribution in [-0.2, 0) is 11.3 Å². The van der Waals surface area contributed by atoms with Crippen molar-refractivity contribution in [3.05, 3.63) is 52.5 Å². The number of aromatic nitrogens is 3. The minimum absolute atomic E-state index is 0.0496. The molecule has 0 saturated carbocycles. The van der Waals surface area contributed by atoms with Gasteiger partial charge < -0.3 is 19.4 Å². The van der Waals surface area contributed by atoms with Crippen LogP contribution in [0.4, 0.5) is 19.0 Å². The summed E-state index contributed by atoms with van der Waals surface area (Å²) in [5.74, 6) is 1.74. The monoisotopic (exact) mass is 459 g/mol. The number of fused-ring (bicyclic) bond motifs is 3. The molecule has 0 aromatic heterocycles. The molecule has 1 N–H and O–H groups in total. The molecule has 1 saturated heterocycles. The molecule has 174 valence electrons. The van der Waals surface area contributed by atoms with Crippen molar-refractivity contribution in [3.63, 3.8) is 0 Å². The van der Waals surface area contributed by atoms with Crippen LogP contribution in [-0.4, -0.2) is 40.4 Å². The first-order valence-corrected chi connectivity index (χ1v) is 10.9. The number of hydrogen-bond acceptors (Lipinski definition) is 6. The second kappa shape index (κ2) is 8.66. The van der Waals surface area contributed by atoms with Crippen molar-refractivity contribution in [1.29, 1.82) is 0 Å².